The summed E-state index contributed by atoms with van der Waals surface area (Å²) in [6, 6.07) is 12.8. The summed E-state index contributed by atoms with van der Waals surface area (Å²) in [7, 11) is 1.28. The number of Topliss-reactive ketones (excluding diaryl/α,β-unsaturated/α-hetero) is 1. The predicted octanol–water partition coefficient (Wildman–Crippen LogP) is 5.07. The van der Waals surface area contributed by atoms with Crippen LogP contribution in [0.5, 0.6) is 0 Å². The molecule has 0 spiro atoms. The summed E-state index contributed by atoms with van der Waals surface area (Å²) >= 11 is 6.08. The molecule has 2 aliphatic rings. The van der Waals surface area contributed by atoms with Gasteiger partial charge in [-0.2, -0.15) is 0 Å². The summed E-state index contributed by atoms with van der Waals surface area (Å²) in [5, 5.41) is 0.541. The number of ether oxygens (including phenoxy) is 1. The Morgan fingerprint density at radius 3 is 2.34 bits per heavy atom. The van der Waals surface area contributed by atoms with Crippen molar-refractivity contribution >= 4 is 29.0 Å². The van der Waals surface area contributed by atoms with Gasteiger partial charge in [-0.1, -0.05) is 37.6 Å². The fourth-order valence-corrected chi connectivity index (χ4v) is 4.72. The third-order valence-corrected chi connectivity index (χ3v) is 6.21. The van der Waals surface area contributed by atoms with Gasteiger partial charge in [0.2, 0.25) is 0 Å². The number of hydrogen-bond acceptors (Lipinski definition) is 5. The molecular formula is C25H24ClFN2O3. The number of carbonyl (C=O) groups excluding carboxylic acids is 2. The minimum absolute atomic E-state index is 0.0581. The molecule has 0 radical (unpaired) electrons. The van der Waals surface area contributed by atoms with E-state index in [2.05, 4.69) is 0 Å². The molecule has 0 fully saturated rings. The molecule has 0 aromatic heterocycles. The molecule has 5 nitrogen and oxygen atoms in total. The van der Waals surface area contributed by atoms with Gasteiger partial charge in [-0.15, -0.1) is 0 Å². The molecule has 166 valence electrons. The van der Waals surface area contributed by atoms with E-state index in [4.69, 9.17) is 22.1 Å². The summed E-state index contributed by atoms with van der Waals surface area (Å²) in [5.74, 6) is -1.60. The van der Waals surface area contributed by atoms with Gasteiger partial charge in [-0.3, -0.25) is 9.69 Å². The Labute approximate surface area is 191 Å². The number of rotatable bonds is 3. The smallest absolute Gasteiger partial charge is 0.338 e. The maximum atomic E-state index is 13.6. The monoisotopic (exact) mass is 454 g/mol. The number of nitrogens with zero attached hydrogens (tertiary/aromatic N) is 1. The molecule has 0 bridgehead atoms. The van der Waals surface area contributed by atoms with Crippen LogP contribution >= 0.6 is 11.6 Å². The van der Waals surface area contributed by atoms with E-state index in [-0.39, 0.29) is 22.6 Å². The number of esters is 1. The lowest BCUT2D eigenvalue weighted by atomic mass is 9.68. The first-order chi connectivity index (χ1) is 15.1. The average Bonchev–Trinajstić information content (AvgIpc) is 2.73. The first kappa shape index (κ1) is 22.1. The average molecular weight is 455 g/mol. The van der Waals surface area contributed by atoms with Crippen molar-refractivity contribution in [2.75, 3.05) is 12.0 Å². The summed E-state index contributed by atoms with van der Waals surface area (Å²) in [6.45, 7) is 4.04. The molecule has 32 heavy (non-hydrogen) atoms. The molecule has 0 saturated heterocycles. The Kier molecular flexibility index (Phi) is 5.59. The van der Waals surface area contributed by atoms with E-state index in [9.17, 15) is 14.0 Å². The second-order valence-corrected chi connectivity index (χ2v) is 9.32. The van der Waals surface area contributed by atoms with Crippen molar-refractivity contribution in [2.45, 2.75) is 32.6 Å². The molecule has 1 aliphatic carbocycles. The Bertz CT molecular complexity index is 1150. The fraction of sp³-hybridized carbons (Fsp3) is 0.280. The van der Waals surface area contributed by atoms with Crippen molar-refractivity contribution in [3.05, 3.63) is 87.6 Å². The summed E-state index contributed by atoms with van der Waals surface area (Å²) in [4.78, 5) is 28.2. The zero-order chi connectivity index (χ0) is 23.2. The second kappa shape index (κ2) is 8.10. The van der Waals surface area contributed by atoms with Crippen LogP contribution in [0.2, 0.25) is 5.02 Å². The van der Waals surface area contributed by atoms with Gasteiger partial charge in [0.05, 0.1) is 18.6 Å². The molecule has 4 rings (SSSR count). The van der Waals surface area contributed by atoms with E-state index < -0.39 is 17.7 Å². The summed E-state index contributed by atoms with van der Waals surface area (Å²) in [6.07, 6.45) is 0.895. The molecule has 0 amide bonds. The lowest BCUT2D eigenvalue weighted by molar-refractivity contribution is -0.136. The number of nitrogens with two attached hydrogens (primary N) is 1. The number of halogens is 2. The van der Waals surface area contributed by atoms with Crippen LogP contribution in [-0.2, 0) is 14.3 Å². The summed E-state index contributed by atoms with van der Waals surface area (Å²) < 4.78 is 18.7. The van der Waals surface area contributed by atoms with E-state index >= 15 is 0 Å². The largest absolute Gasteiger partial charge is 0.466 e. The van der Waals surface area contributed by atoms with Crippen LogP contribution in [0.1, 0.15) is 38.2 Å². The molecule has 0 saturated carbocycles. The van der Waals surface area contributed by atoms with Gasteiger partial charge in [0, 0.05) is 28.4 Å². The highest BCUT2D eigenvalue weighted by molar-refractivity contribution is 6.30. The second-order valence-electron chi connectivity index (χ2n) is 8.89. The number of allylic oxidation sites excluding steroid dienone is 2. The Balaban J connectivity index is 2.02. The van der Waals surface area contributed by atoms with Gasteiger partial charge in [0.1, 0.15) is 11.6 Å². The van der Waals surface area contributed by atoms with Crippen molar-refractivity contribution in [1.29, 1.82) is 0 Å². The van der Waals surface area contributed by atoms with E-state index in [1.807, 2.05) is 13.8 Å². The number of ketones is 1. The molecule has 2 N–H and O–H groups in total. The van der Waals surface area contributed by atoms with E-state index in [1.54, 1.807) is 41.3 Å². The van der Waals surface area contributed by atoms with E-state index in [1.165, 1.54) is 19.2 Å². The lowest BCUT2D eigenvalue weighted by Gasteiger charge is -2.44. The normalized spacial score (nSPS) is 20.3. The minimum Gasteiger partial charge on any atom is -0.466 e. The van der Waals surface area contributed by atoms with Gasteiger partial charge in [0.15, 0.2) is 5.78 Å². The third kappa shape index (κ3) is 3.79. The topological polar surface area (TPSA) is 72.6 Å². The zero-order valence-corrected chi connectivity index (χ0v) is 18.9. The number of methoxy groups -OCH3 is 1. The SMILES string of the molecule is COC(=O)C1=C(N)N(c2ccc(F)cc2)C2=C(C(=O)CC(C)(C)C2)[C@H]1c1ccc(Cl)cc1. The maximum Gasteiger partial charge on any atom is 0.338 e. The molecule has 0 unspecified atom stereocenters. The van der Waals surface area contributed by atoms with Gasteiger partial charge >= 0.3 is 5.97 Å². The van der Waals surface area contributed by atoms with Crippen molar-refractivity contribution in [3.63, 3.8) is 0 Å². The van der Waals surface area contributed by atoms with Crippen LogP contribution in [0, 0.1) is 11.2 Å². The van der Waals surface area contributed by atoms with Crippen LogP contribution in [0.3, 0.4) is 0 Å². The van der Waals surface area contributed by atoms with Gasteiger partial charge in [-0.25, -0.2) is 9.18 Å². The molecule has 1 aliphatic heterocycles. The minimum atomic E-state index is -0.685. The first-order valence-corrected chi connectivity index (χ1v) is 10.7. The fourth-order valence-electron chi connectivity index (χ4n) is 4.59. The highest BCUT2D eigenvalue weighted by atomic mass is 35.5. The summed E-state index contributed by atoms with van der Waals surface area (Å²) in [5.41, 5.74) is 8.98. The number of benzene rings is 2. The standard InChI is InChI=1S/C25H24ClFN2O3/c1-25(2)12-18-21(19(30)13-25)20(14-4-6-15(26)7-5-14)22(24(31)32-3)23(28)29(18)17-10-8-16(27)9-11-17/h4-11,20H,12-13,28H2,1-3H3/t20-/m1/s1. The molecule has 1 heterocycles. The Morgan fingerprint density at radius 2 is 1.75 bits per heavy atom. The maximum absolute atomic E-state index is 13.6. The van der Waals surface area contributed by atoms with Crippen LogP contribution in [0.15, 0.2) is 71.2 Å². The van der Waals surface area contributed by atoms with Crippen LogP contribution in [-0.4, -0.2) is 18.9 Å². The molecule has 2 aromatic carbocycles. The van der Waals surface area contributed by atoms with Crippen molar-refractivity contribution in [1.82, 2.24) is 0 Å². The third-order valence-electron chi connectivity index (χ3n) is 5.95. The Morgan fingerprint density at radius 1 is 1.12 bits per heavy atom. The lowest BCUT2D eigenvalue weighted by Crippen LogP contribution is -2.43. The quantitative estimate of drug-likeness (QED) is 0.655. The van der Waals surface area contributed by atoms with Gasteiger partial charge in [0.25, 0.3) is 0 Å². The number of anilines is 1. The van der Waals surface area contributed by atoms with Crippen molar-refractivity contribution in [2.24, 2.45) is 11.1 Å². The highest BCUT2D eigenvalue weighted by Gasteiger charge is 2.46. The van der Waals surface area contributed by atoms with Gasteiger partial charge < -0.3 is 10.5 Å². The molecule has 2 aromatic rings. The molecule has 1 atom stereocenters. The first-order valence-electron chi connectivity index (χ1n) is 10.3. The molecule has 7 heteroatoms. The van der Waals surface area contributed by atoms with Crippen LogP contribution in [0.4, 0.5) is 10.1 Å². The highest BCUT2D eigenvalue weighted by Crippen LogP contribution is 2.50. The van der Waals surface area contributed by atoms with Crippen LogP contribution < -0.4 is 10.6 Å². The number of hydrogen-bond donors (Lipinski definition) is 1. The zero-order valence-electron chi connectivity index (χ0n) is 18.1. The Hall–Kier alpha value is -3.12. The van der Waals surface area contributed by atoms with Crippen LogP contribution in [0.25, 0.3) is 0 Å². The predicted molar refractivity (Wildman–Crippen MR) is 121 cm³/mol. The van der Waals surface area contributed by atoms with Crippen molar-refractivity contribution in [3.8, 4) is 0 Å². The number of carbonyl (C=O) groups is 2. The van der Waals surface area contributed by atoms with E-state index in [0.29, 0.717) is 34.8 Å². The van der Waals surface area contributed by atoms with Crippen molar-refractivity contribution < 1.29 is 18.7 Å². The molecular weight excluding hydrogens is 431 g/mol. The van der Waals surface area contributed by atoms with E-state index in [0.717, 1.165) is 5.56 Å². The van der Waals surface area contributed by atoms with Gasteiger partial charge in [-0.05, 0) is 53.8 Å².